The number of hydrogen-bond donors (Lipinski definition) is 2. The van der Waals surface area contributed by atoms with Gasteiger partial charge in [-0.25, -0.2) is 0 Å². The molecular weight excluding hydrogens is 246 g/mol. The second-order valence-electron chi connectivity index (χ2n) is 4.78. The van der Waals surface area contributed by atoms with Crippen LogP contribution < -0.4 is 10.6 Å². The van der Waals surface area contributed by atoms with Crippen LogP contribution in [0.3, 0.4) is 0 Å². The molecule has 1 aliphatic heterocycles. The molecule has 1 aromatic rings. The first-order valence-electron chi connectivity index (χ1n) is 6.33. The van der Waals surface area contributed by atoms with Crippen LogP contribution in [0.5, 0.6) is 0 Å². The lowest BCUT2D eigenvalue weighted by molar-refractivity contribution is -0.384. The van der Waals surface area contributed by atoms with E-state index in [-0.39, 0.29) is 23.7 Å². The summed E-state index contributed by atoms with van der Waals surface area (Å²) in [6, 6.07) is 6.80. The van der Waals surface area contributed by atoms with Crippen LogP contribution in [-0.4, -0.2) is 23.4 Å². The van der Waals surface area contributed by atoms with Crippen LogP contribution in [0, 0.1) is 10.1 Å². The van der Waals surface area contributed by atoms with Crippen molar-refractivity contribution in [1.29, 1.82) is 0 Å². The Balaban J connectivity index is 1.87. The average molecular weight is 263 g/mol. The Labute approximate surface area is 111 Å². The Morgan fingerprint density at radius 2 is 2.16 bits per heavy atom. The lowest BCUT2D eigenvalue weighted by atomic mass is 10.1. The number of amides is 1. The third kappa shape index (κ3) is 3.51. The molecule has 6 nitrogen and oxygen atoms in total. The Bertz CT molecular complexity index is 473. The van der Waals surface area contributed by atoms with Crippen LogP contribution >= 0.6 is 0 Å². The maximum absolute atomic E-state index is 11.1. The number of nitrogens with one attached hydrogen (secondary N) is 2. The van der Waals surface area contributed by atoms with Crippen molar-refractivity contribution in [2.45, 2.75) is 31.8 Å². The van der Waals surface area contributed by atoms with Gasteiger partial charge < -0.3 is 10.6 Å². The van der Waals surface area contributed by atoms with Gasteiger partial charge in [0.25, 0.3) is 5.69 Å². The number of benzene rings is 1. The van der Waals surface area contributed by atoms with Crippen molar-refractivity contribution in [3.63, 3.8) is 0 Å². The number of non-ortho nitro benzene ring substituents is 1. The summed E-state index contributed by atoms with van der Waals surface area (Å²) in [5.74, 6) is 0.106. The second-order valence-corrected chi connectivity index (χ2v) is 4.78. The largest absolute Gasteiger partial charge is 0.352 e. The summed E-state index contributed by atoms with van der Waals surface area (Å²) in [6.07, 6.45) is 1.46. The molecule has 19 heavy (non-hydrogen) atoms. The smallest absolute Gasteiger partial charge is 0.269 e. The number of hydrogen-bond acceptors (Lipinski definition) is 4. The molecule has 0 radical (unpaired) electrons. The Morgan fingerprint density at radius 3 is 2.68 bits per heavy atom. The molecule has 1 heterocycles. The molecule has 2 unspecified atom stereocenters. The van der Waals surface area contributed by atoms with Gasteiger partial charge in [-0.15, -0.1) is 0 Å². The van der Waals surface area contributed by atoms with E-state index in [9.17, 15) is 14.9 Å². The van der Waals surface area contributed by atoms with Gasteiger partial charge in [0, 0.05) is 37.2 Å². The fraction of sp³-hybridized carbons (Fsp3) is 0.462. The minimum absolute atomic E-state index is 0.0957. The van der Waals surface area contributed by atoms with E-state index >= 15 is 0 Å². The molecule has 0 spiro atoms. The number of nitro groups is 1. The summed E-state index contributed by atoms with van der Waals surface area (Å²) in [5, 5.41) is 16.8. The molecule has 102 valence electrons. The Hall–Kier alpha value is -1.95. The van der Waals surface area contributed by atoms with E-state index in [0.29, 0.717) is 13.0 Å². The molecule has 0 aliphatic carbocycles. The monoisotopic (exact) mass is 263 g/mol. The molecule has 2 atom stereocenters. The highest BCUT2D eigenvalue weighted by Crippen LogP contribution is 2.17. The Morgan fingerprint density at radius 1 is 1.47 bits per heavy atom. The van der Waals surface area contributed by atoms with Gasteiger partial charge in [-0.3, -0.25) is 14.9 Å². The highest BCUT2D eigenvalue weighted by molar-refractivity contribution is 5.78. The standard InChI is InChI=1S/C13H17N3O3/c1-9(14-8-11-4-7-13(17)15-11)10-2-5-12(6-3-10)16(18)19/h2-3,5-6,9,11,14H,4,7-8H2,1H3,(H,15,17). The number of rotatable bonds is 5. The van der Waals surface area contributed by atoms with E-state index in [1.54, 1.807) is 12.1 Å². The summed E-state index contributed by atoms with van der Waals surface area (Å²) in [4.78, 5) is 21.2. The molecule has 2 rings (SSSR count). The van der Waals surface area contributed by atoms with Crippen LogP contribution in [0.15, 0.2) is 24.3 Å². The van der Waals surface area contributed by atoms with Crippen molar-refractivity contribution < 1.29 is 9.72 Å². The summed E-state index contributed by atoms with van der Waals surface area (Å²) < 4.78 is 0. The normalized spacial score (nSPS) is 20.1. The Kier molecular flexibility index (Phi) is 4.11. The molecular formula is C13H17N3O3. The van der Waals surface area contributed by atoms with Crippen LogP contribution in [0.4, 0.5) is 5.69 Å². The van der Waals surface area contributed by atoms with E-state index < -0.39 is 4.92 Å². The van der Waals surface area contributed by atoms with E-state index in [0.717, 1.165) is 12.0 Å². The van der Waals surface area contributed by atoms with E-state index in [4.69, 9.17) is 0 Å². The first kappa shape index (κ1) is 13.5. The summed E-state index contributed by atoms with van der Waals surface area (Å²) in [6.45, 7) is 2.71. The SMILES string of the molecule is CC(NCC1CCC(=O)N1)c1ccc([N+](=O)[O-])cc1. The summed E-state index contributed by atoms with van der Waals surface area (Å²) in [7, 11) is 0. The molecule has 1 amide bonds. The first-order chi connectivity index (χ1) is 9.06. The summed E-state index contributed by atoms with van der Waals surface area (Å²) >= 11 is 0. The van der Waals surface area contributed by atoms with Gasteiger partial charge in [-0.05, 0) is 18.9 Å². The van der Waals surface area contributed by atoms with Crippen LogP contribution in [0.25, 0.3) is 0 Å². The highest BCUT2D eigenvalue weighted by atomic mass is 16.6. The molecule has 1 aliphatic rings. The quantitative estimate of drug-likeness (QED) is 0.623. The van der Waals surface area contributed by atoms with Gasteiger partial charge in [0.05, 0.1) is 4.92 Å². The first-order valence-corrected chi connectivity index (χ1v) is 6.33. The third-order valence-corrected chi connectivity index (χ3v) is 3.36. The highest BCUT2D eigenvalue weighted by Gasteiger charge is 2.20. The van der Waals surface area contributed by atoms with Gasteiger partial charge in [0.2, 0.25) is 5.91 Å². The zero-order valence-electron chi connectivity index (χ0n) is 10.8. The molecule has 0 bridgehead atoms. The average Bonchev–Trinajstić information content (AvgIpc) is 2.82. The predicted octanol–water partition coefficient (Wildman–Crippen LogP) is 1.52. The topological polar surface area (TPSA) is 84.3 Å². The van der Waals surface area contributed by atoms with Crippen molar-refractivity contribution >= 4 is 11.6 Å². The maximum atomic E-state index is 11.1. The molecule has 1 saturated heterocycles. The van der Waals surface area contributed by atoms with Gasteiger partial charge in [0.15, 0.2) is 0 Å². The van der Waals surface area contributed by atoms with Crippen LogP contribution in [0.1, 0.15) is 31.4 Å². The number of nitro benzene ring substituents is 1. The number of nitrogens with zero attached hydrogens (tertiary/aromatic N) is 1. The van der Waals surface area contributed by atoms with Gasteiger partial charge in [-0.2, -0.15) is 0 Å². The number of carbonyl (C=O) groups is 1. The predicted molar refractivity (Wildman–Crippen MR) is 70.7 cm³/mol. The van der Waals surface area contributed by atoms with Crippen molar-refractivity contribution in [1.82, 2.24) is 10.6 Å². The fourth-order valence-corrected chi connectivity index (χ4v) is 2.15. The van der Waals surface area contributed by atoms with Gasteiger partial charge in [0.1, 0.15) is 0 Å². The minimum atomic E-state index is -0.407. The summed E-state index contributed by atoms with van der Waals surface area (Å²) in [5.41, 5.74) is 1.09. The van der Waals surface area contributed by atoms with E-state index in [2.05, 4.69) is 10.6 Å². The fourth-order valence-electron chi connectivity index (χ4n) is 2.15. The third-order valence-electron chi connectivity index (χ3n) is 3.36. The lowest BCUT2D eigenvalue weighted by Gasteiger charge is -2.17. The van der Waals surface area contributed by atoms with Crippen molar-refractivity contribution in [2.75, 3.05) is 6.54 Å². The van der Waals surface area contributed by atoms with Crippen molar-refractivity contribution in [3.8, 4) is 0 Å². The lowest BCUT2D eigenvalue weighted by Crippen LogP contribution is -2.36. The van der Waals surface area contributed by atoms with Crippen LogP contribution in [0.2, 0.25) is 0 Å². The van der Waals surface area contributed by atoms with Crippen molar-refractivity contribution in [3.05, 3.63) is 39.9 Å². The molecule has 0 aromatic heterocycles. The molecule has 2 N–H and O–H groups in total. The van der Waals surface area contributed by atoms with E-state index in [1.807, 2.05) is 6.92 Å². The van der Waals surface area contributed by atoms with Crippen molar-refractivity contribution in [2.24, 2.45) is 0 Å². The van der Waals surface area contributed by atoms with Crippen LogP contribution in [-0.2, 0) is 4.79 Å². The molecule has 1 fully saturated rings. The minimum Gasteiger partial charge on any atom is -0.352 e. The second kappa shape index (κ2) is 5.79. The zero-order valence-corrected chi connectivity index (χ0v) is 10.8. The van der Waals surface area contributed by atoms with E-state index in [1.165, 1.54) is 12.1 Å². The molecule has 0 saturated carbocycles. The molecule has 6 heteroatoms. The van der Waals surface area contributed by atoms with Gasteiger partial charge >= 0.3 is 0 Å². The molecule has 1 aromatic carbocycles. The zero-order chi connectivity index (χ0) is 13.8. The number of carbonyl (C=O) groups excluding carboxylic acids is 1. The maximum Gasteiger partial charge on any atom is 0.269 e. The van der Waals surface area contributed by atoms with Gasteiger partial charge in [-0.1, -0.05) is 12.1 Å².